The smallest absolute Gasteiger partial charge is 0.126 e. The van der Waals surface area contributed by atoms with Gasteiger partial charge in [0, 0.05) is 5.57 Å². The topological polar surface area (TPSA) is 69.1 Å². The third-order valence-corrected chi connectivity index (χ3v) is 1.95. The number of rotatable bonds is 0. The highest BCUT2D eigenvalue weighted by Crippen LogP contribution is 2.24. The molecular weight excluding hydrogens is 128 g/mol. The fourth-order valence-corrected chi connectivity index (χ4v) is 1.25. The molecule has 0 aromatic rings. The molecule has 0 atom stereocenters. The van der Waals surface area contributed by atoms with E-state index in [0.29, 0.717) is 12.0 Å². The molecule has 0 heterocycles. The van der Waals surface area contributed by atoms with Crippen LogP contribution in [0.2, 0.25) is 0 Å². The van der Waals surface area contributed by atoms with Gasteiger partial charge in [-0.15, -0.1) is 0 Å². The SMILES string of the molecule is NC1(N)CCCCC1=C=O. The van der Waals surface area contributed by atoms with Crippen molar-refractivity contribution >= 4 is 5.94 Å². The Kier molecular flexibility index (Phi) is 1.90. The lowest BCUT2D eigenvalue weighted by Crippen LogP contribution is -2.52. The minimum atomic E-state index is -0.861. The molecular formula is C7H12N2O. The van der Waals surface area contributed by atoms with E-state index in [2.05, 4.69) is 0 Å². The molecule has 0 amide bonds. The highest BCUT2D eigenvalue weighted by molar-refractivity contribution is 5.56. The summed E-state index contributed by atoms with van der Waals surface area (Å²) in [5.41, 5.74) is 10.9. The zero-order valence-electron chi connectivity index (χ0n) is 5.89. The van der Waals surface area contributed by atoms with Crippen molar-refractivity contribution in [1.82, 2.24) is 0 Å². The Balaban J connectivity index is 2.79. The Hall–Kier alpha value is -0.630. The Morgan fingerprint density at radius 2 is 2.10 bits per heavy atom. The molecule has 1 rings (SSSR count). The maximum absolute atomic E-state index is 10.3. The van der Waals surface area contributed by atoms with Crippen molar-refractivity contribution in [1.29, 1.82) is 0 Å². The second-order valence-electron chi connectivity index (χ2n) is 2.83. The van der Waals surface area contributed by atoms with E-state index in [0.717, 1.165) is 19.3 Å². The van der Waals surface area contributed by atoms with Gasteiger partial charge in [0.1, 0.15) is 5.94 Å². The number of hydrogen-bond acceptors (Lipinski definition) is 3. The van der Waals surface area contributed by atoms with Gasteiger partial charge in [-0.25, -0.2) is 4.79 Å². The standard InChI is InChI=1S/C7H12N2O/c8-7(9)4-2-1-3-6(7)5-10/h1-4,8-9H2. The van der Waals surface area contributed by atoms with Gasteiger partial charge in [-0.05, 0) is 25.7 Å². The van der Waals surface area contributed by atoms with E-state index >= 15 is 0 Å². The number of carbonyl (C=O) groups excluding carboxylic acids is 1. The molecule has 0 unspecified atom stereocenters. The van der Waals surface area contributed by atoms with E-state index in [-0.39, 0.29) is 0 Å². The summed E-state index contributed by atoms with van der Waals surface area (Å²) in [6.07, 6.45) is 3.45. The highest BCUT2D eigenvalue weighted by Gasteiger charge is 2.28. The van der Waals surface area contributed by atoms with Crippen LogP contribution < -0.4 is 11.5 Å². The minimum absolute atomic E-state index is 0.541. The average molecular weight is 140 g/mol. The molecule has 0 radical (unpaired) electrons. The summed E-state index contributed by atoms with van der Waals surface area (Å²) >= 11 is 0. The van der Waals surface area contributed by atoms with Gasteiger partial charge >= 0.3 is 0 Å². The van der Waals surface area contributed by atoms with Crippen molar-refractivity contribution < 1.29 is 4.79 Å². The summed E-state index contributed by atoms with van der Waals surface area (Å²) < 4.78 is 0. The average Bonchev–Trinajstić information content (AvgIpc) is 1.87. The molecule has 1 saturated carbocycles. The first-order chi connectivity index (χ1) is 4.67. The van der Waals surface area contributed by atoms with E-state index in [1.165, 1.54) is 0 Å². The first-order valence-corrected chi connectivity index (χ1v) is 3.49. The minimum Gasteiger partial charge on any atom is -0.309 e. The van der Waals surface area contributed by atoms with Crippen molar-refractivity contribution in [3.8, 4) is 0 Å². The quantitative estimate of drug-likeness (QED) is 0.365. The van der Waals surface area contributed by atoms with Gasteiger partial charge < -0.3 is 11.5 Å². The van der Waals surface area contributed by atoms with E-state index in [4.69, 9.17) is 11.5 Å². The lowest BCUT2D eigenvalue weighted by molar-refractivity contribution is 0.396. The van der Waals surface area contributed by atoms with Crippen molar-refractivity contribution in [2.45, 2.75) is 31.3 Å². The molecule has 56 valence electrons. The van der Waals surface area contributed by atoms with Gasteiger partial charge in [0.15, 0.2) is 0 Å². The molecule has 0 aromatic heterocycles. The van der Waals surface area contributed by atoms with Crippen LogP contribution in [0, 0.1) is 0 Å². The second-order valence-corrected chi connectivity index (χ2v) is 2.83. The van der Waals surface area contributed by atoms with Crippen LogP contribution in [0.5, 0.6) is 0 Å². The van der Waals surface area contributed by atoms with Crippen LogP contribution in [0.15, 0.2) is 5.57 Å². The van der Waals surface area contributed by atoms with E-state index < -0.39 is 5.66 Å². The molecule has 3 heteroatoms. The maximum atomic E-state index is 10.3. The van der Waals surface area contributed by atoms with Gasteiger partial charge in [0.2, 0.25) is 0 Å². The van der Waals surface area contributed by atoms with Crippen LogP contribution in [0.4, 0.5) is 0 Å². The largest absolute Gasteiger partial charge is 0.309 e. The van der Waals surface area contributed by atoms with E-state index in [1.807, 2.05) is 5.94 Å². The van der Waals surface area contributed by atoms with Crippen molar-refractivity contribution in [3.63, 3.8) is 0 Å². The summed E-state index contributed by atoms with van der Waals surface area (Å²) in [5.74, 6) is 1.81. The number of nitrogens with two attached hydrogens (primary N) is 2. The fourth-order valence-electron chi connectivity index (χ4n) is 1.25. The molecule has 10 heavy (non-hydrogen) atoms. The van der Waals surface area contributed by atoms with Crippen molar-refractivity contribution in [2.75, 3.05) is 0 Å². The fraction of sp³-hybridized carbons (Fsp3) is 0.714. The first kappa shape index (κ1) is 7.48. The Labute approximate surface area is 60.1 Å². The second kappa shape index (κ2) is 2.54. The lowest BCUT2D eigenvalue weighted by Gasteiger charge is -2.29. The molecule has 4 N–H and O–H groups in total. The predicted molar refractivity (Wildman–Crippen MR) is 38.8 cm³/mol. The maximum Gasteiger partial charge on any atom is 0.126 e. The molecule has 0 saturated heterocycles. The zero-order chi connectivity index (χ0) is 7.61. The third-order valence-electron chi connectivity index (χ3n) is 1.95. The van der Waals surface area contributed by atoms with Gasteiger partial charge in [-0.3, -0.25) is 0 Å². The molecule has 0 bridgehead atoms. The third kappa shape index (κ3) is 1.27. The van der Waals surface area contributed by atoms with E-state index in [9.17, 15) is 4.79 Å². The molecule has 1 aliphatic rings. The number of hydrogen-bond donors (Lipinski definition) is 2. The van der Waals surface area contributed by atoms with Gasteiger partial charge in [-0.1, -0.05) is 0 Å². The van der Waals surface area contributed by atoms with Crippen LogP contribution in [0.25, 0.3) is 0 Å². The summed E-state index contributed by atoms with van der Waals surface area (Å²) in [7, 11) is 0. The van der Waals surface area contributed by atoms with Gasteiger partial charge in [-0.2, -0.15) is 0 Å². The lowest BCUT2D eigenvalue weighted by atomic mass is 9.86. The molecule has 0 aliphatic heterocycles. The predicted octanol–water partition coefficient (Wildman–Crippen LogP) is -0.0679. The Bertz CT molecular complexity index is 180. The molecule has 0 spiro atoms. The highest BCUT2D eigenvalue weighted by atomic mass is 16.1. The summed E-state index contributed by atoms with van der Waals surface area (Å²) in [4.78, 5) is 10.3. The van der Waals surface area contributed by atoms with Crippen molar-refractivity contribution in [3.05, 3.63) is 5.57 Å². The Morgan fingerprint density at radius 1 is 1.40 bits per heavy atom. The molecule has 0 aromatic carbocycles. The van der Waals surface area contributed by atoms with Gasteiger partial charge in [0.05, 0.1) is 5.66 Å². The Morgan fingerprint density at radius 3 is 2.50 bits per heavy atom. The molecule has 1 aliphatic carbocycles. The van der Waals surface area contributed by atoms with E-state index in [1.54, 1.807) is 0 Å². The van der Waals surface area contributed by atoms with Gasteiger partial charge in [0.25, 0.3) is 0 Å². The summed E-state index contributed by atoms with van der Waals surface area (Å²) in [5, 5.41) is 0. The summed E-state index contributed by atoms with van der Waals surface area (Å²) in [6.45, 7) is 0. The molecule has 1 fully saturated rings. The van der Waals surface area contributed by atoms with Crippen LogP contribution in [-0.2, 0) is 4.79 Å². The zero-order valence-corrected chi connectivity index (χ0v) is 5.89. The normalized spacial score (nSPS) is 24.0. The first-order valence-electron chi connectivity index (χ1n) is 3.49. The van der Waals surface area contributed by atoms with Crippen LogP contribution >= 0.6 is 0 Å². The van der Waals surface area contributed by atoms with Crippen LogP contribution in [-0.4, -0.2) is 11.6 Å². The monoisotopic (exact) mass is 140 g/mol. The van der Waals surface area contributed by atoms with Crippen molar-refractivity contribution in [2.24, 2.45) is 11.5 Å². The molecule has 3 nitrogen and oxygen atoms in total. The van der Waals surface area contributed by atoms with Crippen LogP contribution in [0.3, 0.4) is 0 Å². The van der Waals surface area contributed by atoms with Crippen LogP contribution in [0.1, 0.15) is 25.7 Å². The summed E-state index contributed by atoms with van der Waals surface area (Å²) in [6, 6.07) is 0.